The number of nitrogens with two attached hydrogens (primary N) is 1. The van der Waals surface area contributed by atoms with E-state index in [4.69, 9.17) is 25.2 Å². The summed E-state index contributed by atoms with van der Waals surface area (Å²) in [6, 6.07) is 1.12. The van der Waals surface area contributed by atoms with Crippen molar-refractivity contribution >= 4 is 29.3 Å². The van der Waals surface area contributed by atoms with Crippen LogP contribution in [0.2, 0.25) is 0 Å². The Morgan fingerprint density at radius 3 is 2.26 bits per heavy atom. The van der Waals surface area contributed by atoms with Gasteiger partial charge in [0.15, 0.2) is 5.60 Å². The van der Waals surface area contributed by atoms with E-state index in [-0.39, 0.29) is 5.82 Å². The number of rotatable bonds is 12. The van der Waals surface area contributed by atoms with E-state index in [2.05, 4.69) is 18.1 Å². The van der Waals surface area contributed by atoms with Crippen LogP contribution in [-0.4, -0.2) is 59.5 Å². The third-order valence-electron chi connectivity index (χ3n) is 3.20. The molecule has 0 amide bonds. The normalized spacial score (nSPS) is 20.3. The summed E-state index contributed by atoms with van der Waals surface area (Å²) in [6.07, 6.45) is -3.79. The summed E-state index contributed by atoms with van der Waals surface area (Å²) in [6.45, 7) is -2.52. The fourth-order valence-corrected chi connectivity index (χ4v) is 4.96. The molecule has 21 heteroatoms. The van der Waals surface area contributed by atoms with Crippen LogP contribution in [0.4, 0.5) is 14.6 Å². The van der Waals surface area contributed by atoms with Crippen molar-refractivity contribution in [1.82, 2.24) is 9.55 Å². The molecule has 1 rings (SSSR count). The van der Waals surface area contributed by atoms with Gasteiger partial charge in [-0.25, -0.2) is 27.3 Å². The van der Waals surface area contributed by atoms with Crippen molar-refractivity contribution in [2.45, 2.75) is 25.1 Å². The number of phosphoric acid groups is 3. The first-order valence-electron chi connectivity index (χ1n) is 7.61. The van der Waals surface area contributed by atoms with E-state index in [0.29, 0.717) is 4.57 Å². The maximum atomic E-state index is 13.7. The molecule has 0 bridgehead atoms. The Kier molecular flexibility index (Phi) is 9.19. The third-order valence-corrected chi connectivity index (χ3v) is 6.98. The zero-order chi connectivity index (χ0) is 24.3. The molecule has 0 saturated carbocycles. The molecule has 7 N–H and O–H groups in total. The predicted octanol–water partition coefficient (Wildman–Crippen LogP) is -0.300. The molecule has 0 spiro atoms. The molecular weight excluding hydrogens is 501 g/mol. The lowest BCUT2D eigenvalue weighted by Gasteiger charge is -2.34. The number of phosphoric ester groups is 1. The van der Waals surface area contributed by atoms with Gasteiger partial charge < -0.3 is 35.2 Å². The summed E-state index contributed by atoms with van der Waals surface area (Å²) < 4.78 is 77.5. The van der Waals surface area contributed by atoms with Crippen molar-refractivity contribution in [1.29, 1.82) is 0 Å². The topological polar surface area (TPSA) is 250 Å². The number of aliphatic hydroxyl groups is 1. The minimum Gasteiger partial charge on any atom is -0.383 e. The minimum atomic E-state index is -5.89. The van der Waals surface area contributed by atoms with E-state index in [1.54, 1.807) is 0 Å². The lowest BCUT2D eigenvalue weighted by molar-refractivity contribution is -0.230. The van der Waals surface area contributed by atoms with Crippen LogP contribution in [-0.2, 0) is 31.6 Å². The lowest BCUT2D eigenvalue weighted by Crippen LogP contribution is -2.50. The molecule has 0 aromatic carbocycles. The summed E-state index contributed by atoms with van der Waals surface area (Å²) in [4.78, 5) is 50.4. The summed E-state index contributed by atoms with van der Waals surface area (Å²) >= 11 is 0. The Hall–Kier alpha value is -1.13. The second-order valence-corrected chi connectivity index (χ2v) is 10.1. The smallest absolute Gasteiger partial charge is 0.383 e. The molecular formula is C10H18F2N3O13P3. The van der Waals surface area contributed by atoms with Crippen molar-refractivity contribution in [3.8, 4) is 0 Å². The van der Waals surface area contributed by atoms with Crippen LogP contribution < -0.4 is 11.4 Å². The van der Waals surface area contributed by atoms with Gasteiger partial charge in [-0.05, 0) is 13.0 Å². The Bertz CT molecular complexity index is 970. The fourth-order valence-electron chi connectivity index (χ4n) is 1.89. The predicted molar refractivity (Wildman–Crippen MR) is 94.3 cm³/mol. The minimum absolute atomic E-state index is 0.191. The Morgan fingerprint density at radius 1 is 1.23 bits per heavy atom. The number of aliphatic hydroxyl groups excluding tert-OH is 1. The fraction of sp³-hybridized carbons (Fsp3) is 0.600. The summed E-state index contributed by atoms with van der Waals surface area (Å²) in [7, 11) is -17.3. The second kappa shape index (κ2) is 10.2. The molecule has 1 aromatic heterocycles. The highest BCUT2D eigenvalue weighted by Gasteiger charge is 2.47. The third kappa shape index (κ3) is 8.73. The highest BCUT2D eigenvalue weighted by molar-refractivity contribution is 7.66. The van der Waals surface area contributed by atoms with Gasteiger partial charge in [0.25, 0.3) is 0 Å². The van der Waals surface area contributed by atoms with Gasteiger partial charge in [0.05, 0.1) is 6.61 Å². The molecule has 180 valence electrons. The van der Waals surface area contributed by atoms with Gasteiger partial charge in [-0.3, -0.25) is 9.09 Å². The Balaban J connectivity index is 3.04. The average Bonchev–Trinajstić information content (AvgIpc) is 2.54. The number of anilines is 1. The van der Waals surface area contributed by atoms with Crippen LogP contribution in [0.25, 0.3) is 0 Å². The quantitative estimate of drug-likeness (QED) is 0.194. The Morgan fingerprint density at radius 2 is 1.81 bits per heavy atom. The number of halogens is 2. The number of ether oxygens (including phenoxy) is 1. The number of hydrogen-bond acceptors (Lipinski definition) is 11. The van der Waals surface area contributed by atoms with Crippen LogP contribution in [0.1, 0.15) is 13.2 Å². The molecule has 5 atom stereocenters. The maximum absolute atomic E-state index is 13.7. The molecule has 1 aromatic rings. The van der Waals surface area contributed by atoms with Gasteiger partial charge in [-0.15, -0.1) is 0 Å². The Labute approximate surface area is 171 Å². The summed E-state index contributed by atoms with van der Waals surface area (Å²) in [5, 5.41) is 9.28. The van der Waals surface area contributed by atoms with Gasteiger partial charge in [-0.2, -0.15) is 13.6 Å². The van der Waals surface area contributed by atoms with E-state index in [1.807, 2.05) is 0 Å². The van der Waals surface area contributed by atoms with E-state index in [0.717, 1.165) is 19.2 Å². The van der Waals surface area contributed by atoms with Gasteiger partial charge in [0.2, 0.25) is 6.36 Å². The molecule has 16 nitrogen and oxygen atoms in total. The zero-order valence-electron chi connectivity index (χ0n) is 15.3. The van der Waals surface area contributed by atoms with Crippen LogP contribution in [0.3, 0.4) is 0 Å². The van der Waals surface area contributed by atoms with Crippen molar-refractivity contribution in [2.24, 2.45) is 0 Å². The molecule has 1 heterocycles. The standard InChI is InChI=1S/C10H18F2N3O13P3/c1-6(15-3-2-7(13)14-9(15)17)26-10(4-11,8(12)16)5-25-30(21,22)28-31(23,24)27-29(18,19)20/h2-3,6,8,16H,4-5H2,1H3,(H,21,22)(H,23,24)(H2,13,14,17)(H2,18,19,20)/t6-,8-,10?/m1/s1. The van der Waals surface area contributed by atoms with Crippen molar-refractivity contribution in [3.63, 3.8) is 0 Å². The van der Waals surface area contributed by atoms with E-state index in [1.165, 1.54) is 0 Å². The van der Waals surface area contributed by atoms with E-state index < -0.39 is 60.6 Å². The number of nitrogens with zero attached hydrogens (tertiary/aromatic N) is 2. The monoisotopic (exact) mass is 519 g/mol. The van der Waals surface area contributed by atoms with Crippen LogP contribution in [0.15, 0.2) is 17.1 Å². The largest absolute Gasteiger partial charge is 0.490 e. The average molecular weight is 519 g/mol. The molecule has 0 aliphatic carbocycles. The molecule has 0 radical (unpaired) electrons. The van der Waals surface area contributed by atoms with E-state index >= 15 is 0 Å². The number of aromatic nitrogens is 2. The number of hydrogen-bond donors (Lipinski definition) is 6. The SMILES string of the molecule is C[C@@H](OC(CF)(COP(=O)(O)OP(=O)(O)OP(=O)(O)O)[C@@H](O)F)n1ccc(N)nc1=O. The lowest BCUT2D eigenvalue weighted by atomic mass is 10.1. The van der Waals surface area contributed by atoms with Gasteiger partial charge in [0, 0.05) is 6.20 Å². The zero-order valence-corrected chi connectivity index (χ0v) is 18.0. The first kappa shape index (κ1) is 27.9. The first-order chi connectivity index (χ1) is 13.9. The molecule has 3 unspecified atom stereocenters. The van der Waals surface area contributed by atoms with Gasteiger partial charge in [0.1, 0.15) is 18.7 Å². The van der Waals surface area contributed by atoms with Crippen LogP contribution in [0.5, 0.6) is 0 Å². The molecule has 0 aliphatic heterocycles. The first-order valence-corrected chi connectivity index (χ1v) is 12.1. The van der Waals surface area contributed by atoms with Crippen LogP contribution in [0, 0.1) is 0 Å². The molecule has 0 aliphatic rings. The van der Waals surface area contributed by atoms with Crippen molar-refractivity contribution in [2.75, 3.05) is 19.0 Å². The van der Waals surface area contributed by atoms with Crippen LogP contribution >= 0.6 is 23.5 Å². The van der Waals surface area contributed by atoms with Crippen molar-refractivity contribution < 1.29 is 65.0 Å². The van der Waals surface area contributed by atoms with Crippen molar-refractivity contribution in [3.05, 3.63) is 22.7 Å². The van der Waals surface area contributed by atoms with E-state index in [9.17, 15) is 37.3 Å². The second-order valence-electron chi connectivity index (χ2n) is 5.66. The molecule has 0 fully saturated rings. The maximum Gasteiger partial charge on any atom is 0.490 e. The summed E-state index contributed by atoms with van der Waals surface area (Å²) in [5.74, 6) is -0.191. The highest BCUT2D eigenvalue weighted by atomic mass is 31.3. The molecule has 31 heavy (non-hydrogen) atoms. The highest BCUT2D eigenvalue weighted by Crippen LogP contribution is 2.66. The number of alkyl halides is 2. The van der Waals surface area contributed by atoms with Gasteiger partial charge in [-0.1, -0.05) is 0 Å². The van der Waals surface area contributed by atoms with Gasteiger partial charge >= 0.3 is 29.2 Å². The number of nitrogen functional groups attached to an aromatic ring is 1. The summed E-state index contributed by atoms with van der Waals surface area (Å²) in [5.41, 5.74) is 1.19. The molecule has 0 saturated heterocycles.